The number of pyridine rings is 1. The van der Waals surface area contributed by atoms with Crippen LogP contribution in [0.1, 0.15) is 25.5 Å². The van der Waals surface area contributed by atoms with Crippen LogP contribution in [0.4, 0.5) is 0 Å². The molecule has 1 aliphatic heterocycles. The molecule has 3 heterocycles. The molecule has 3 rings (SSSR count). The average Bonchev–Trinajstić information content (AvgIpc) is 3.25. The summed E-state index contributed by atoms with van der Waals surface area (Å²) in [5, 5.41) is 5.90. The van der Waals surface area contributed by atoms with E-state index >= 15 is 0 Å². The summed E-state index contributed by atoms with van der Waals surface area (Å²) in [7, 11) is 0. The van der Waals surface area contributed by atoms with E-state index in [1.165, 1.54) is 6.92 Å². The number of thiazole rings is 1. The molecule has 0 radical (unpaired) electrons. The first-order chi connectivity index (χ1) is 11.6. The number of nitrogens with zero attached hydrogens (tertiary/aromatic N) is 3. The predicted octanol–water partition coefficient (Wildman–Crippen LogP) is 1.87. The van der Waals surface area contributed by atoms with E-state index in [2.05, 4.69) is 15.3 Å². The van der Waals surface area contributed by atoms with Crippen molar-refractivity contribution in [1.29, 1.82) is 0 Å². The lowest BCUT2D eigenvalue weighted by Gasteiger charge is -2.22. The molecule has 0 aliphatic carbocycles. The number of rotatable bonds is 5. The highest BCUT2D eigenvalue weighted by molar-refractivity contribution is 7.13. The number of carbonyl (C=O) groups is 2. The van der Waals surface area contributed by atoms with Crippen molar-refractivity contribution >= 4 is 23.2 Å². The summed E-state index contributed by atoms with van der Waals surface area (Å²) in [6.45, 7) is 2.72. The Morgan fingerprint density at radius 3 is 2.92 bits per heavy atom. The van der Waals surface area contributed by atoms with Crippen molar-refractivity contribution < 1.29 is 9.59 Å². The third-order valence-corrected chi connectivity index (χ3v) is 5.06. The maximum absolute atomic E-state index is 12.2. The van der Waals surface area contributed by atoms with Gasteiger partial charge in [-0.05, 0) is 25.0 Å². The average molecular weight is 344 g/mol. The van der Waals surface area contributed by atoms with Crippen molar-refractivity contribution in [2.45, 2.75) is 32.2 Å². The Bertz CT molecular complexity index is 716. The number of hydrogen-bond donors (Lipinski definition) is 1. The van der Waals surface area contributed by atoms with Crippen LogP contribution in [0.2, 0.25) is 0 Å². The fraction of sp³-hybridized carbons (Fsp3) is 0.412. The summed E-state index contributed by atoms with van der Waals surface area (Å²) in [4.78, 5) is 34.0. The molecule has 7 heteroatoms. The molecule has 0 bridgehead atoms. The van der Waals surface area contributed by atoms with E-state index in [0.29, 0.717) is 19.5 Å². The molecule has 2 amide bonds. The van der Waals surface area contributed by atoms with Crippen molar-refractivity contribution in [3.63, 3.8) is 0 Å². The zero-order valence-electron chi connectivity index (χ0n) is 13.6. The molecule has 0 spiro atoms. The van der Waals surface area contributed by atoms with Crippen LogP contribution in [0.25, 0.3) is 10.6 Å². The van der Waals surface area contributed by atoms with Gasteiger partial charge in [-0.3, -0.25) is 14.6 Å². The maximum Gasteiger partial charge on any atom is 0.242 e. The quantitative estimate of drug-likeness (QED) is 0.898. The highest BCUT2D eigenvalue weighted by atomic mass is 32.1. The van der Waals surface area contributed by atoms with Gasteiger partial charge in [0.05, 0.1) is 5.69 Å². The normalized spacial score (nSPS) is 17.0. The topological polar surface area (TPSA) is 75.2 Å². The van der Waals surface area contributed by atoms with Gasteiger partial charge >= 0.3 is 0 Å². The van der Waals surface area contributed by atoms with E-state index in [0.717, 1.165) is 29.1 Å². The van der Waals surface area contributed by atoms with Crippen LogP contribution in [0.5, 0.6) is 0 Å². The van der Waals surface area contributed by atoms with Crippen LogP contribution >= 0.6 is 11.3 Å². The van der Waals surface area contributed by atoms with Crippen LogP contribution in [-0.4, -0.2) is 45.8 Å². The Morgan fingerprint density at radius 1 is 1.38 bits per heavy atom. The standard InChI is InChI=1S/C17H20N4O2S/c1-12(22)21-10-2-3-15(21)16(23)19-9-6-14-11-24-17(20-14)13-4-7-18-8-5-13/h4-5,7-8,11,15H,2-3,6,9-10H2,1H3,(H,19,23)/t15-/m0/s1. The first kappa shape index (κ1) is 16.6. The molecule has 2 aromatic heterocycles. The van der Waals surface area contributed by atoms with Gasteiger partial charge in [-0.2, -0.15) is 0 Å². The Morgan fingerprint density at radius 2 is 2.17 bits per heavy atom. The first-order valence-electron chi connectivity index (χ1n) is 8.05. The smallest absolute Gasteiger partial charge is 0.242 e. The Labute approximate surface area is 144 Å². The minimum atomic E-state index is -0.315. The molecule has 1 N–H and O–H groups in total. The fourth-order valence-electron chi connectivity index (χ4n) is 2.90. The van der Waals surface area contributed by atoms with Crippen LogP contribution in [0.15, 0.2) is 29.9 Å². The van der Waals surface area contributed by atoms with Crippen molar-refractivity contribution in [3.05, 3.63) is 35.6 Å². The maximum atomic E-state index is 12.2. The molecule has 1 aliphatic rings. The summed E-state index contributed by atoms with van der Waals surface area (Å²) < 4.78 is 0. The predicted molar refractivity (Wildman–Crippen MR) is 92.5 cm³/mol. The molecule has 0 unspecified atom stereocenters. The SMILES string of the molecule is CC(=O)N1CCC[C@H]1C(=O)NCCc1csc(-c2ccncc2)n1. The van der Waals surface area contributed by atoms with Crippen LogP contribution in [-0.2, 0) is 16.0 Å². The number of hydrogen-bond acceptors (Lipinski definition) is 5. The summed E-state index contributed by atoms with van der Waals surface area (Å²) in [6.07, 6.45) is 5.81. The summed E-state index contributed by atoms with van der Waals surface area (Å²) in [5.41, 5.74) is 2.01. The minimum absolute atomic E-state index is 0.0332. The number of aromatic nitrogens is 2. The molecule has 1 fully saturated rings. The lowest BCUT2D eigenvalue weighted by Crippen LogP contribution is -2.45. The molecule has 1 atom stereocenters. The first-order valence-corrected chi connectivity index (χ1v) is 8.93. The van der Waals surface area contributed by atoms with Gasteiger partial charge in [0.15, 0.2) is 0 Å². The largest absolute Gasteiger partial charge is 0.354 e. The zero-order chi connectivity index (χ0) is 16.9. The van der Waals surface area contributed by atoms with E-state index in [4.69, 9.17) is 0 Å². The molecule has 1 saturated heterocycles. The zero-order valence-corrected chi connectivity index (χ0v) is 14.4. The van der Waals surface area contributed by atoms with Gasteiger partial charge in [0.1, 0.15) is 11.0 Å². The fourth-order valence-corrected chi connectivity index (χ4v) is 3.76. The van der Waals surface area contributed by atoms with Gasteiger partial charge < -0.3 is 10.2 Å². The van der Waals surface area contributed by atoms with Gasteiger partial charge in [0, 0.05) is 49.8 Å². The van der Waals surface area contributed by atoms with Gasteiger partial charge in [0.25, 0.3) is 0 Å². The van der Waals surface area contributed by atoms with Crippen molar-refractivity contribution in [2.24, 2.45) is 0 Å². The number of likely N-dealkylation sites (tertiary alicyclic amines) is 1. The van der Waals surface area contributed by atoms with Crippen molar-refractivity contribution in [1.82, 2.24) is 20.2 Å². The van der Waals surface area contributed by atoms with Crippen molar-refractivity contribution in [2.75, 3.05) is 13.1 Å². The molecular formula is C17H20N4O2S. The highest BCUT2D eigenvalue weighted by Crippen LogP contribution is 2.23. The second kappa shape index (κ2) is 7.53. The highest BCUT2D eigenvalue weighted by Gasteiger charge is 2.31. The van der Waals surface area contributed by atoms with E-state index < -0.39 is 0 Å². The Balaban J connectivity index is 1.51. The molecule has 2 aromatic rings. The monoisotopic (exact) mass is 344 g/mol. The molecule has 6 nitrogen and oxygen atoms in total. The van der Waals surface area contributed by atoms with E-state index in [1.54, 1.807) is 28.6 Å². The summed E-state index contributed by atoms with van der Waals surface area (Å²) in [5.74, 6) is -0.0959. The molecule has 0 aromatic carbocycles. The number of carbonyl (C=O) groups excluding carboxylic acids is 2. The molecular weight excluding hydrogens is 324 g/mol. The third-order valence-electron chi connectivity index (χ3n) is 4.12. The van der Waals surface area contributed by atoms with Crippen molar-refractivity contribution in [3.8, 4) is 10.6 Å². The van der Waals surface area contributed by atoms with Gasteiger partial charge in [-0.1, -0.05) is 0 Å². The van der Waals surface area contributed by atoms with E-state index in [-0.39, 0.29) is 17.9 Å². The second-order valence-electron chi connectivity index (χ2n) is 5.79. The Hall–Kier alpha value is -2.28. The third kappa shape index (κ3) is 3.79. The van der Waals surface area contributed by atoms with Crippen LogP contribution in [0, 0.1) is 0 Å². The van der Waals surface area contributed by atoms with E-state index in [1.807, 2.05) is 17.5 Å². The van der Waals surface area contributed by atoms with E-state index in [9.17, 15) is 9.59 Å². The van der Waals surface area contributed by atoms with Gasteiger partial charge in [-0.25, -0.2) is 4.98 Å². The summed E-state index contributed by atoms with van der Waals surface area (Å²) in [6, 6.07) is 3.55. The van der Waals surface area contributed by atoms with Gasteiger partial charge in [0.2, 0.25) is 11.8 Å². The summed E-state index contributed by atoms with van der Waals surface area (Å²) >= 11 is 1.59. The number of amides is 2. The molecule has 126 valence electrons. The molecule has 0 saturated carbocycles. The number of nitrogens with one attached hydrogen (secondary N) is 1. The molecule has 24 heavy (non-hydrogen) atoms. The minimum Gasteiger partial charge on any atom is -0.354 e. The Kier molecular flexibility index (Phi) is 5.20. The van der Waals surface area contributed by atoms with Gasteiger partial charge in [-0.15, -0.1) is 11.3 Å². The second-order valence-corrected chi connectivity index (χ2v) is 6.65. The lowest BCUT2D eigenvalue weighted by atomic mass is 10.2. The van der Waals surface area contributed by atoms with Crippen LogP contribution < -0.4 is 5.32 Å². The van der Waals surface area contributed by atoms with Crippen LogP contribution in [0.3, 0.4) is 0 Å². The lowest BCUT2D eigenvalue weighted by molar-refractivity contribution is -0.136.